The smallest absolute Gasteiger partial charge is 0.267 e. The molecule has 138 valence electrons. The quantitative estimate of drug-likeness (QED) is 0.761. The molecule has 1 aliphatic rings. The molecule has 0 bridgehead atoms. The van der Waals surface area contributed by atoms with Crippen molar-refractivity contribution in [3.8, 4) is 5.75 Å². The fourth-order valence-electron chi connectivity index (χ4n) is 2.62. The van der Waals surface area contributed by atoms with E-state index in [9.17, 15) is 13.2 Å². The van der Waals surface area contributed by atoms with Gasteiger partial charge in [-0.05, 0) is 48.9 Å². The number of amides is 1. The summed E-state index contributed by atoms with van der Waals surface area (Å²) in [6.45, 7) is 1.77. The average Bonchev–Trinajstić information content (AvgIpc) is 2.56. The third-order valence-electron chi connectivity index (χ3n) is 3.91. The number of carbonyl (C=O) groups excluding carboxylic acids is 1. The van der Waals surface area contributed by atoms with E-state index in [0.29, 0.717) is 22.1 Å². The highest BCUT2D eigenvalue weighted by atomic mass is 79.9. The number of carbonyl (C=O) groups is 1. The first-order valence-electron chi connectivity index (χ1n) is 7.66. The molecule has 3 rings (SSSR count). The second kappa shape index (κ2) is 7.09. The van der Waals surface area contributed by atoms with Crippen LogP contribution in [-0.2, 0) is 14.8 Å². The topological polar surface area (TPSA) is 75.7 Å². The Morgan fingerprint density at radius 1 is 1.31 bits per heavy atom. The maximum Gasteiger partial charge on any atom is 0.267 e. The summed E-state index contributed by atoms with van der Waals surface area (Å²) in [5.74, 6) is -0.140. The van der Waals surface area contributed by atoms with Crippen molar-refractivity contribution < 1.29 is 17.9 Å². The van der Waals surface area contributed by atoms with Gasteiger partial charge in [0.1, 0.15) is 5.75 Å². The second-order valence-electron chi connectivity index (χ2n) is 5.97. The Labute approximate surface area is 165 Å². The maximum atomic E-state index is 12.6. The van der Waals surface area contributed by atoms with Crippen molar-refractivity contribution in [3.05, 3.63) is 51.5 Å². The van der Waals surface area contributed by atoms with Crippen LogP contribution in [0.4, 0.5) is 11.4 Å². The van der Waals surface area contributed by atoms with Gasteiger partial charge in [-0.3, -0.25) is 9.10 Å². The molecule has 9 heteroatoms. The van der Waals surface area contributed by atoms with E-state index in [1.807, 2.05) is 19.1 Å². The fourth-order valence-corrected chi connectivity index (χ4v) is 3.94. The van der Waals surface area contributed by atoms with Crippen LogP contribution in [0.1, 0.15) is 5.56 Å². The van der Waals surface area contributed by atoms with Gasteiger partial charge in [-0.15, -0.1) is 0 Å². The van der Waals surface area contributed by atoms with E-state index in [0.717, 1.165) is 20.6 Å². The molecule has 1 amide bonds. The Hall–Kier alpha value is -1.77. The predicted octanol–water partition coefficient (Wildman–Crippen LogP) is 3.58. The standard InChI is InChI=1S/C17H16BrClN2O4S/c1-10-7-12(4-5-13(10)18)20-17(22)16-9-21(26(2,23)24)14-8-11(19)3-6-15(14)25-16/h3-8,16H,9H2,1-2H3,(H,20,22)/t16-/m0/s1. The lowest BCUT2D eigenvalue weighted by atomic mass is 10.2. The van der Waals surface area contributed by atoms with Crippen LogP contribution in [0, 0.1) is 6.92 Å². The first-order valence-corrected chi connectivity index (χ1v) is 10.7. The molecule has 1 atom stereocenters. The van der Waals surface area contributed by atoms with Crippen molar-refractivity contribution in [2.75, 3.05) is 22.4 Å². The molecule has 0 radical (unpaired) electrons. The van der Waals surface area contributed by atoms with Gasteiger partial charge in [0.05, 0.1) is 18.5 Å². The lowest BCUT2D eigenvalue weighted by molar-refractivity contribution is -0.122. The SMILES string of the molecule is Cc1cc(NC(=O)[C@@H]2CN(S(C)(=O)=O)c3cc(Cl)ccc3O2)ccc1Br. The summed E-state index contributed by atoms with van der Waals surface area (Å²) in [5, 5.41) is 3.15. The van der Waals surface area contributed by atoms with Crippen LogP contribution in [-0.4, -0.2) is 33.2 Å². The van der Waals surface area contributed by atoms with E-state index >= 15 is 0 Å². The number of hydrogen-bond acceptors (Lipinski definition) is 4. The minimum atomic E-state index is -3.60. The van der Waals surface area contributed by atoms with Gasteiger partial charge in [0, 0.05) is 15.2 Å². The minimum absolute atomic E-state index is 0.131. The van der Waals surface area contributed by atoms with Crippen LogP contribution in [0.5, 0.6) is 5.75 Å². The average molecular weight is 460 g/mol. The number of aryl methyl sites for hydroxylation is 1. The highest BCUT2D eigenvalue weighted by molar-refractivity contribution is 9.10. The van der Waals surface area contributed by atoms with E-state index in [1.54, 1.807) is 18.2 Å². The van der Waals surface area contributed by atoms with Crippen LogP contribution in [0.15, 0.2) is 40.9 Å². The minimum Gasteiger partial charge on any atom is -0.476 e. The molecule has 2 aromatic carbocycles. The molecule has 0 fully saturated rings. The molecule has 26 heavy (non-hydrogen) atoms. The van der Waals surface area contributed by atoms with Gasteiger partial charge in [-0.2, -0.15) is 0 Å². The second-order valence-corrected chi connectivity index (χ2v) is 9.16. The third-order valence-corrected chi connectivity index (χ3v) is 6.18. The fraction of sp³-hybridized carbons (Fsp3) is 0.235. The number of benzene rings is 2. The number of hydrogen-bond donors (Lipinski definition) is 1. The molecule has 1 N–H and O–H groups in total. The Morgan fingerprint density at radius 2 is 2.04 bits per heavy atom. The number of rotatable bonds is 3. The first kappa shape index (κ1) is 19.0. The van der Waals surface area contributed by atoms with Crippen molar-refractivity contribution in [2.24, 2.45) is 0 Å². The van der Waals surface area contributed by atoms with Gasteiger partial charge in [0.25, 0.3) is 5.91 Å². The van der Waals surface area contributed by atoms with Crippen LogP contribution in [0.2, 0.25) is 5.02 Å². The van der Waals surface area contributed by atoms with E-state index < -0.39 is 22.0 Å². The van der Waals surface area contributed by atoms with E-state index in [-0.39, 0.29) is 6.54 Å². The monoisotopic (exact) mass is 458 g/mol. The molecule has 1 heterocycles. The van der Waals surface area contributed by atoms with Gasteiger partial charge in [0.2, 0.25) is 10.0 Å². The predicted molar refractivity (Wildman–Crippen MR) is 106 cm³/mol. The number of fused-ring (bicyclic) bond motifs is 1. The molecular weight excluding hydrogens is 444 g/mol. The largest absolute Gasteiger partial charge is 0.476 e. The highest BCUT2D eigenvalue weighted by Gasteiger charge is 2.35. The molecule has 0 saturated heterocycles. The number of nitrogens with one attached hydrogen (secondary N) is 1. The lowest BCUT2D eigenvalue weighted by Gasteiger charge is -2.34. The number of ether oxygens (including phenoxy) is 1. The van der Waals surface area contributed by atoms with E-state index in [2.05, 4.69) is 21.2 Å². The zero-order valence-electron chi connectivity index (χ0n) is 14.0. The van der Waals surface area contributed by atoms with Crippen molar-refractivity contribution in [3.63, 3.8) is 0 Å². The zero-order valence-corrected chi connectivity index (χ0v) is 17.2. The summed E-state index contributed by atoms with van der Waals surface area (Å²) in [5.41, 5.74) is 1.89. The summed E-state index contributed by atoms with van der Waals surface area (Å²) in [4.78, 5) is 12.6. The number of halogens is 2. The Bertz CT molecular complexity index is 981. The summed E-state index contributed by atoms with van der Waals surface area (Å²) >= 11 is 9.37. The molecule has 2 aromatic rings. The van der Waals surface area contributed by atoms with Crippen molar-refractivity contribution >= 4 is 54.8 Å². The van der Waals surface area contributed by atoms with Crippen molar-refractivity contribution in [2.45, 2.75) is 13.0 Å². The van der Waals surface area contributed by atoms with Crippen LogP contribution in [0.25, 0.3) is 0 Å². The Morgan fingerprint density at radius 3 is 2.69 bits per heavy atom. The maximum absolute atomic E-state index is 12.6. The first-order chi connectivity index (χ1) is 12.1. The van der Waals surface area contributed by atoms with Gasteiger partial charge in [-0.25, -0.2) is 8.42 Å². The molecule has 6 nitrogen and oxygen atoms in total. The molecule has 0 unspecified atom stereocenters. The van der Waals surface area contributed by atoms with Crippen molar-refractivity contribution in [1.82, 2.24) is 0 Å². The normalized spacial score (nSPS) is 16.6. The molecule has 0 aromatic heterocycles. The highest BCUT2D eigenvalue weighted by Crippen LogP contribution is 2.37. The van der Waals surface area contributed by atoms with E-state index in [1.165, 1.54) is 6.07 Å². The molecule has 0 aliphatic carbocycles. The zero-order chi connectivity index (χ0) is 19.1. The molecule has 0 saturated carbocycles. The summed E-state index contributed by atoms with van der Waals surface area (Å²) in [6.07, 6.45) is 0.0955. The third kappa shape index (κ3) is 3.97. The van der Waals surface area contributed by atoms with Gasteiger partial charge in [0.15, 0.2) is 6.10 Å². The van der Waals surface area contributed by atoms with Crippen LogP contribution >= 0.6 is 27.5 Å². The van der Waals surface area contributed by atoms with E-state index in [4.69, 9.17) is 16.3 Å². The summed E-state index contributed by atoms with van der Waals surface area (Å²) in [7, 11) is -3.60. The van der Waals surface area contributed by atoms with Crippen LogP contribution < -0.4 is 14.4 Å². The Kier molecular flexibility index (Phi) is 5.18. The van der Waals surface area contributed by atoms with Gasteiger partial charge < -0.3 is 10.1 Å². The van der Waals surface area contributed by atoms with Crippen LogP contribution in [0.3, 0.4) is 0 Å². The van der Waals surface area contributed by atoms with Crippen molar-refractivity contribution in [1.29, 1.82) is 0 Å². The number of anilines is 2. The van der Waals surface area contributed by atoms with Gasteiger partial charge in [-0.1, -0.05) is 27.5 Å². The lowest BCUT2D eigenvalue weighted by Crippen LogP contribution is -2.48. The number of nitrogens with zero attached hydrogens (tertiary/aromatic N) is 1. The molecule has 1 aliphatic heterocycles. The molecule has 0 spiro atoms. The Balaban J connectivity index is 1.88. The molecular formula is C17H16BrClN2O4S. The number of sulfonamides is 1. The summed E-state index contributed by atoms with van der Waals surface area (Å²) < 4.78 is 32.1. The summed E-state index contributed by atoms with van der Waals surface area (Å²) in [6, 6.07) is 10.0. The van der Waals surface area contributed by atoms with Gasteiger partial charge >= 0.3 is 0 Å².